The SMILES string of the molecule is CCNCCN(C)/C(C)=C/C=N/C=C/NC=O. The third-order valence-corrected chi connectivity index (χ3v) is 2.20. The van der Waals surface area contributed by atoms with Crippen LogP contribution in [0.3, 0.4) is 0 Å². The Morgan fingerprint density at radius 2 is 2.24 bits per heavy atom. The minimum absolute atomic E-state index is 0.599. The molecule has 0 saturated carbocycles. The van der Waals surface area contributed by atoms with Crippen LogP contribution >= 0.6 is 0 Å². The van der Waals surface area contributed by atoms with Gasteiger partial charge >= 0.3 is 0 Å². The van der Waals surface area contributed by atoms with E-state index in [2.05, 4.69) is 27.4 Å². The maximum atomic E-state index is 9.92. The highest BCUT2D eigenvalue weighted by Gasteiger charge is 1.96. The number of amides is 1. The Kier molecular flexibility index (Phi) is 9.85. The van der Waals surface area contributed by atoms with Crippen molar-refractivity contribution in [2.45, 2.75) is 13.8 Å². The zero-order valence-electron chi connectivity index (χ0n) is 10.8. The molecule has 0 unspecified atom stereocenters. The van der Waals surface area contributed by atoms with Crippen molar-refractivity contribution in [2.24, 2.45) is 4.99 Å². The molecular weight excluding hydrogens is 216 g/mol. The van der Waals surface area contributed by atoms with E-state index in [9.17, 15) is 4.79 Å². The van der Waals surface area contributed by atoms with Crippen molar-refractivity contribution in [2.75, 3.05) is 26.7 Å². The van der Waals surface area contributed by atoms with Gasteiger partial charge in [-0.25, -0.2) is 0 Å². The van der Waals surface area contributed by atoms with Crippen molar-refractivity contribution in [3.05, 3.63) is 24.2 Å². The van der Waals surface area contributed by atoms with Crippen LogP contribution < -0.4 is 10.6 Å². The molecule has 0 spiro atoms. The van der Waals surface area contributed by atoms with Crippen LogP contribution in [0.15, 0.2) is 29.2 Å². The Morgan fingerprint density at radius 1 is 1.47 bits per heavy atom. The molecule has 0 radical (unpaired) electrons. The van der Waals surface area contributed by atoms with E-state index in [0.29, 0.717) is 6.41 Å². The van der Waals surface area contributed by atoms with Gasteiger partial charge in [0.2, 0.25) is 6.41 Å². The lowest BCUT2D eigenvalue weighted by Crippen LogP contribution is -2.28. The highest BCUT2D eigenvalue weighted by atomic mass is 16.1. The summed E-state index contributed by atoms with van der Waals surface area (Å²) < 4.78 is 0. The van der Waals surface area contributed by atoms with E-state index < -0.39 is 0 Å². The van der Waals surface area contributed by atoms with E-state index in [1.807, 2.05) is 20.0 Å². The third kappa shape index (κ3) is 9.32. The van der Waals surface area contributed by atoms with Gasteiger partial charge in [-0.1, -0.05) is 6.92 Å². The first kappa shape index (κ1) is 15.4. The van der Waals surface area contributed by atoms with Gasteiger partial charge in [0.05, 0.1) is 0 Å². The van der Waals surface area contributed by atoms with Gasteiger partial charge in [-0.05, 0) is 19.5 Å². The normalized spacial score (nSPS) is 12.3. The fourth-order valence-corrected chi connectivity index (χ4v) is 1.05. The van der Waals surface area contributed by atoms with Crippen LogP contribution in [0, 0.1) is 0 Å². The van der Waals surface area contributed by atoms with Crippen molar-refractivity contribution in [3.63, 3.8) is 0 Å². The van der Waals surface area contributed by atoms with Crippen LogP contribution in [-0.4, -0.2) is 44.2 Å². The molecule has 0 atom stereocenters. The molecule has 0 aliphatic carbocycles. The lowest BCUT2D eigenvalue weighted by molar-refractivity contribution is -0.108. The van der Waals surface area contributed by atoms with Crippen LogP contribution in [0.1, 0.15) is 13.8 Å². The molecule has 0 aliphatic rings. The molecule has 0 bridgehead atoms. The van der Waals surface area contributed by atoms with Gasteiger partial charge in [-0.15, -0.1) is 0 Å². The van der Waals surface area contributed by atoms with Crippen molar-refractivity contribution in [1.82, 2.24) is 15.5 Å². The number of rotatable bonds is 9. The summed E-state index contributed by atoms with van der Waals surface area (Å²) in [6, 6.07) is 0. The average Bonchev–Trinajstić information content (AvgIpc) is 2.33. The second-order valence-electron chi connectivity index (χ2n) is 3.48. The number of allylic oxidation sites excluding steroid dienone is 2. The fraction of sp³-hybridized carbons (Fsp3) is 0.500. The molecule has 0 aromatic rings. The summed E-state index contributed by atoms with van der Waals surface area (Å²) in [6.45, 7) is 7.05. The number of aliphatic imine (C=N–C) groups is 1. The maximum Gasteiger partial charge on any atom is 0.211 e. The molecule has 0 saturated heterocycles. The van der Waals surface area contributed by atoms with E-state index in [1.165, 1.54) is 12.4 Å². The molecule has 0 rings (SSSR count). The van der Waals surface area contributed by atoms with Crippen LogP contribution in [-0.2, 0) is 4.79 Å². The molecule has 2 N–H and O–H groups in total. The van der Waals surface area contributed by atoms with Crippen LogP contribution in [0.2, 0.25) is 0 Å². The maximum absolute atomic E-state index is 9.92. The van der Waals surface area contributed by atoms with E-state index in [0.717, 1.165) is 25.3 Å². The first-order chi connectivity index (χ1) is 8.22. The summed E-state index contributed by atoms with van der Waals surface area (Å²) in [6.07, 6.45) is 7.22. The molecule has 0 aromatic heterocycles. The predicted octanol–water partition coefficient (Wildman–Crippen LogP) is 0.719. The van der Waals surface area contributed by atoms with Crippen molar-refractivity contribution in [3.8, 4) is 0 Å². The molecule has 5 nitrogen and oxygen atoms in total. The topological polar surface area (TPSA) is 56.7 Å². The summed E-state index contributed by atoms with van der Waals surface area (Å²) in [7, 11) is 2.04. The van der Waals surface area contributed by atoms with Gasteiger partial charge < -0.3 is 15.5 Å². The van der Waals surface area contributed by atoms with Crippen molar-refractivity contribution in [1.29, 1.82) is 0 Å². The summed E-state index contributed by atoms with van der Waals surface area (Å²) in [5, 5.41) is 5.65. The van der Waals surface area contributed by atoms with Gasteiger partial charge in [0.15, 0.2) is 0 Å². The van der Waals surface area contributed by atoms with Gasteiger partial charge in [0.25, 0.3) is 0 Å². The molecule has 0 aromatic carbocycles. The Hall–Kier alpha value is -1.62. The summed E-state index contributed by atoms with van der Waals surface area (Å²) >= 11 is 0. The zero-order chi connectivity index (χ0) is 12.9. The van der Waals surface area contributed by atoms with E-state index >= 15 is 0 Å². The number of hydrogen-bond donors (Lipinski definition) is 2. The Labute approximate surface area is 103 Å². The lowest BCUT2D eigenvalue weighted by Gasteiger charge is -2.19. The average molecular weight is 238 g/mol. The number of likely N-dealkylation sites (N-methyl/N-ethyl adjacent to an activating group) is 2. The minimum atomic E-state index is 0.599. The second-order valence-corrected chi connectivity index (χ2v) is 3.48. The second kappa shape index (κ2) is 10.9. The molecular formula is C12H22N4O. The zero-order valence-corrected chi connectivity index (χ0v) is 10.8. The number of carbonyl (C=O) groups is 1. The van der Waals surface area contributed by atoms with Gasteiger partial charge in [-0.3, -0.25) is 9.79 Å². The van der Waals surface area contributed by atoms with Gasteiger partial charge in [0, 0.05) is 44.4 Å². The Morgan fingerprint density at radius 3 is 2.88 bits per heavy atom. The van der Waals surface area contributed by atoms with Crippen molar-refractivity contribution < 1.29 is 4.79 Å². The number of hydrogen-bond acceptors (Lipinski definition) is 4. The number of carbonyl (C=O) groups excluding carboxylic acids is 1. The van der Waals surface area contributed by atoms with Gasteiger partial charge in [0.1, 0.15) is 0 Å². The quantitative estimate of drug-likeness (QED) is 0.353. The standard InChI is InChI=1S/C12H22N4O/c1-4-13-9-10-16(3)12(2)5-6-14-7-8-15-11-17/h5-8,11,13H,4,9-10H2,1-3H3,(H,15,17)/b8-7+,12-5+,14-6+. The molecule has 5 heteroatoms. The fourth-order valence-electron chi connectivity index (χ4n) is 1.05. The largest absolute Gasteiger partial charge is 0.377 e. The highest BCUT2D eigenvalue weighted by molar-refractivity contribution is 5.72. The summed E-state index contributed by atoms with van der Waals surface area (Å²) in [5.74, 6) is 0. The third-order valence-electron chi connectivity index (χ3n) is 2.20. The smallest absolute Gasteiger partial charge is 0.211 e. The minimum Gasteiger partial charge on any atom is -0.377 e. The highest BCUT2D eigenvalue weighted by Crippen LogP contribution is 1.97. The molecule has 0 heterocycles. The number of nitrogens with zero attached hydrogens (tertiary/aromatic N) is 2. The Bertz CT molecular complexity index is 284. The molecule has 0 fully saturated rings. The lowest BCUT2D eigenvalue weighted by atomic mass is 10.4. The van der Waals surface area contributed by atoms with E-state index in [4.69, 9.17) is 0 Å². The van der Waals surface area contributed by atoms with Crippen LogP contribution in [0.25, 0.3) is 0 Å². The monoisotopic (exact) mass is 238 g/mol. The molecule has 96 valence electrons. The predicted molar refractivity (Wildman–Crippen MR) is 71.8 cm³/mol. The summed E-state index contributed by atoms with van der Waals surface area (Å²) in [4.78, 5) is 16.1. The van der Waals surface area contributed by atoms with Crippen LogP contribution in [0.5, 0.6) is 0 Å². The van der Waals surface area contributed by atoms with E-state index in [-0.39, 0.29) is 0 Å². The van der Waals surface area contributed by atoms with Crippen LogP contribution in [0.4, 0.5) is 0 Å². The molecule has 0 aliphatic heterocycles. The van der Waals surface area contributed by atoms with Crippen molar-refractivity contribution >= 4 is 12.6 Å². The molecule has 17 heavy (non-hydrogen) atoms. The first-order valence-corrected chi connectivity index (χ1v) is 5.69. The van der Waals surface area contributed by atoms with E-state index in [1.54, 1.807) is 6.21 Å². The molecule has 1 amide bonds. The summed E-state index contributed by atoms with van der Waals surface area (Å²) in [5.41, 5.74) is 1.14. The number of nitrogens with one attached hydrogen (secondary N) is 2. The van der Waals surface area contributed by atoms with Gasteiger partial charge in [-0.2, -0.15) is 0 Å². The Balaban J connectivity index is 3.93. The first-order valence-electron chi connectivity index (χ1n) is 5.69.